The van der Waals surface area contributed by atoms with Gasteiger partial charge < -0.3 is 5.11 Å². The van der Waals surface area contributed by atoms with Gasteiger partial charge in [0.15, 0.2) is 0 Å². The largest absolute Gasteiger partial charge is 0.388 e. The average Bonchev–Trinajstić information content (AvgIpc) is 2.39. The molecule has 1 aromatic rings. The molecule has 1 atom stereocenters. The van der Waals surface area contributed by atoms with Crippen molar-refractivity contribution in [1.82, 2.24) is 0 Å². The summed E-state index contributed by atoms with van der Waals surface area (Å²) in [5.74, 6) is 0.966. The van der Waals surface area contributed by atoms with Crippen LogP contribution in [0.25, 0.3) is 0 Å². The van der Waals surface area contributed by atoms with Crippen LogP contribution in [0.4, 0.5) is 0 Å². The first kappa shape index (κ1) is 12.6. The number of hydrogen-bond acceptors (Lipinski definition) is 1. The summed E-state index contributed by atoms with van der Waals surface area (Å²) in [5, 5.41) is 10.6. The minimum Gasteiger partial charge on any atom is -0.388 e. The predicted octanol–water partition coefficient (Wildman–Crippen LogP) is 4.42. The van der Waals surface area contributed by atoms with E-state index >= 15 is 0 Å². The van der Waals surface area contributed by atoms with Crippen molar-refractivity contribution in [1.29, 1.82) is 0 Å². The topological polar surface area (TPSA) is 20.2 Å². The number of aliphatic hydroxyl groups is 1. The third kappa shape index (κ3) is 2.90. The molecular formula is C16H24O. The molecule has 1 saturated carbocycles. The minimum absolute atomic E-state index is 0.256. The third-order valence-electron chi connectivity index (χ3n) is 4.03. The van der Waals surface area contributed by atoms with E-state index in [9.17, 15) is 5.11 Å². The van der Waals surface area contributed by atoms with E-state index in [4.69, 9.17) is 0 Å². The standard InChI is InChI=1S/C16H24O/c1-12(2)14-10-6-7-11-15(14)16(17)13-8-4-3-5-9-13/h6-7,10-13,16-17H,3-5,8-9H2,1-2H3. The monoisotopic (exact) mass is 232 g/mol. The lowest BCUT2D eigenvalue weighted by molar-refractivity contribution is 0.0838. The quantitative estimate of drug-likeness (QED) is 0.817. The highest BCUT2D eigenvalue weighted by Crippen LogP contribution is 2.36. The Kier molecular flexibility index (Phi) is 4.22. The molecule has 1 heteroatoms. The fraction of sp³-hybridized carbons (Fsp3) is 0.625. The number of hydrogen-bond donors (Lipinski definition) is 1. The van der Waals surface area contributed by atoms with Crippen LogP contribution in [0.3, 0.4) is 0 Å². The molecule has 0 aromatic heterocycles. The Morgan fingerprint density at radius 1 is 1.00 bits per heavy atom. The molecule has 0 saturated heterocycles. The van der Waals surface area contributed by atoms with Gasteiger partial charge in [-0.3, -0.25) is 0 Å². The van der Waals surface area contributed by atoms with E-state index in [0.717, 1.165) is 5.56 Å². The normalized spacial score (nSPS) is 19.5. The summed E-state index contributed by atoms with van der Waals surface area (Å²) in [6, 6.07) is 8.39. The molecular weight excluding hydrogens is 208 g/mol. The summed E-state index contributed by atoms with van der Waals surface area (Å²) in [5.41, 5.74) is 2.47. The van der Waals surface area contributed by atoms with Crippen molar-refractivity contribution >= 4 is 0 Å². The second kappa shape index (κ2) is 5.68. The van der Waals surface area contributed by atoms with E-state index in [1.54, 1.807) is 0 Å². The highest BCUT2D eigenvalue weighted by molar-refractivity contribution is 5.31. The van der Waals surface area contributed by atoms with E-state index in [1.807, 2.05) is 6.07 Å². The van der Waals surface area contributed by atoms with Crippen molar-refractivity contribution in [2.75, 3.05) is 0 Å². The molecule has 1 fully saturated rings. The summed E-state index contributed by atoms with van der Waals surface area (Å²) in [7, 11) is 0. The van der Waals surface area contributed by atoms with E-state index in [0.29, 0.717) is 11.8 Å². The Balaban J connectivity index is 2.20. The molecule has 0 bridgehead atoms. The van der Waals surface area contributed by atoms with Gasteiger partial charge in [0.05, 0.1) is 6.10 Å². The lowest BCUT2D eigenvalue weighted by atomic mass is 9.80. The molecule has 0 spiro atoms. The summed E-state index contributed by atoms with van der Waals surface area (Å²) in [6.45, 7) is 4.40. The molecule has 17 heavy (non-hydrogen) atoms. The lowest BCUT2D eigenvalue weighted by Gasteiger charge is -2.28. The van der Waals surface area contributed by atoms with Crippen molar-refractivity contribution in [2.24, 2.45) is 5.92 Å². The molecule has 1 aliphatic carbocycles. The van der Waals surface area contributed by atoms with Crippen LogP contribution in [0.2, 0.25) is 0 Å². The highest BCUT2D eigenvalue weighted by atomic mass is 16.3. The maximum Gasteiger partial charge on any atom is 0.0820 e. The van der Waals surface area contributed by atoms with E-state index in [2.05, 4.69) is 32.0 Å². The first-order valence-corrected chi connectivity index (χ1v) is 6.97. The van der Waals surface area contributed by atoms with Gasteiger partial charge in [0.25, 0.3) is 0 Å². The Morgan fingerprint density at radius 3 is 2.18 bits per heavy atom. The highest BCUT2D eigenvalue weighted by Gasteiger charge is 2.25. The molecule has 0 aliphatic heterocycles. The van der Waals surface area contributed by atoms with E-state index in [-0.39, 0.29) is 6.10 Å². The van der Waals surface area contributed by atoms with Gasteiger partial charge in [0.2, 0.25) is 0 Å². The van der Waals surface area contributed by atoms with Gasteiger partial charge in [-0.25, -0.2) is 0 Å². The van der Waals surface area contributed by atoms with Gasteiger partial charge in [0, 0.05) is 0 Å². The molecule has 0 amide bonds. The average molecular weight is 232 g/mol. The molecule has 94 valence electrons. The minimum atomic E-state index is -0.256. The summed E-state index contributed by atoms with van der Waals surface area (Å²) in [6.07, 6.45) is 6.03. The van der Waals surface area contributed by atoms with Gasteiger partial charge in [-0.1, -0.05) is 57.4 Å². The van der Waals surface area contributed by atoms with Crippen LogP contribution in [0, 0.1) is 5.92 Å². The second-order valence-electron chi connectivity index (χ2n) is 5.63. The maximum atomic E-state index is 10.6. The fourth-order valence-electron chi connectivity index (χ4n) is 3.01. The van der Waals surface area contributed by atoms with Crippen LogP contribution in [0.15, 0.2) is 24.3 Å². The molecule has 1 nitrogen and oxygen atoms in total. The first-order valence-electron chi connectivity index (χ1n) is 6.97. The van der Waals surface area contributed by atoms with Gasteiger partial charge >= 0.3 is 0 Å². The molecule has 1 N–H and O–H groups in total. The van der Waals surface area contributed by atoms with Crippen LogP contribution in [-0.2, 0) is 0 Å². The van der Waals surface area contributed by atoms with E-state index < -0.39 is 0 Å². The van der Waals surface area contributed by atoms with Crippen LogP contribution in [0.5, 0.6) is 0 Å². The Bertz CT molecular complexity index is 350. The predicted molar refractivity (Wildman–Crippen MR) is 72.1 cm³/mol. The van der Waals surface area contributed by atoms with E-state index in [1.165, 1.54) is 37.7 Å². The van der Waals surface area contributed by atoms with Crippen LogP contribution in [-0.4, -0.2) is 5.11 Å². The zero-order chi connectivity index (χ0) is 12.3. The van der Waals surface area contributed by atoms with Crippen molar-refractivity contribution in [3.63, 3.8) is 0 Å². The SMILES string of the molecule is CC(C)c1ccccc1C(O)C1CCCCC1. The van der Waals surface area contributed by atoms with Crippen molar-refractivity contribution < 1.29 is 5.11 Å². The van der Waals surface area contributed by atoms with Crippen molar-refractivity contribution in [3.05, 3.63) is 35.4 Å². The molecule has 0 heterocycles. The van der Waals surface area contributed by atoms with Crippen LogP contribution < -0.4 is 0 Å². The molecule has 1 unspecified atom stereocenters. The number of aliphatic hydroxyl groups excluding tert-OH is 1. The third-order valence-corrected chi connectivity index (χ3v) is 4.03. The smallest absolute Gasteiger partial charge is 0.0820 e. The number of benzene rings is 1. The molecule has 0 radical (unpaired) electrons. The number of rotatable bonds is 3. The molecule has 2 rings (SSSR count). The van der Waals surface area contributed by atoms with Crippen molar-refractivity contribution in [3.8, 4) is 0 Å². The Labute approximate surface area is 105 Å². The lowest BCUT2D eigenvalue weighted by Crippen LogP contribution is -2.17. The maximum absolute atomic E-state index is 10.6. The zero-order valence-corrected chi connectivity index (χ0v) is 11.0. The summed E-state index contributed by atoms with van der Waals surface area (Å²) < 4.78 is 0. The zero-order valence-electron chi connectivity index (χ0n) is 11.0. The van der Waals surface area contributed by atoms with Gasteiger partial charge in [-0.2, -0.15) is 0 Å². The Morgan fingerprint density at radius 2 is 1.59 bits per heavy atom. The summed E-state index contributed by atoms with van der Waals surface area (Å²) >= 11 is 0. The first-order chi connectivity index (χ1) is 8.20. The second-order valence-corrected chi connectivity index (χ2v) is 5.63. The van der Waals surface area contributed by atoms with Crippen LogP contribution >= 0.6 is 0 Å². The fourth-order valence-corrected chi connectivity index (χ4v) is 3.01. The van der Waals surface area contributed by atoms with Crippen molar-refractivity contribution in [2.45, 2.75) is 58.0 Å². The molecule has 1 aliphatic rings. The Hall–Kier alpha value is -0.820. The molecule has 1 aromatic carbocycles. The van der Waals surface area contributed by atoms with Gasteiger partial charge in [0.1, 0.15) is 0 Å². The van der Waals surface area contributed by atoms with Crippen LogP contribution in [0.1, 0.15) is 69.1 Å². The van der Waals surface area contributed by atoms with Gasteiger partial charge in [-0.15, -0.1) is 0 Å². The summed E-state index contributed by atoms with van der Waals surface area (Å²) in [4.78, 5) is 0. The van der Waals surface area contributed by atoms with Gasteiger partial charge in [-0.05, 0) is 35.8 Å².